The molecule has 0 atom stereocenters. The van der Waals surface area contributed by atoms with Crippen molar-refractivity contribution in [3.8, 4) is 0 Å². The summed E-state index contributed by atoms with van der Waals surface area (Å²) >= 11 is 0. The van der Waals surface area contributed by atoms with Gasteiger partial charge in [0, 0.05) is 25.1 Å². The Morgan fingerprint density at radius 1 is 1.25 bits per heavy atom. The summed E-state index contributed by atoms with van der Waals surface area (Å²) in [5.41, 5.74) is 4.67. The molecular weight excluding hydrogens is 204 g/mol. The van der Waals surface area contributed by atoms with Crippen LogP contribution in [0.2, 0.25) is 0 Å². The molecule has 96 valence electrons. The van der Waals surface area contributed by atoms with E-state index in [4.69, 9.17) is 5.73 Å². The lowest BCUT2D eigenvalue weighted by atomic mass is 9.82. The molecule has 0 unspecified atom stereocenters. The fraction of sp³-hybridized carbons (Fsp3) is 0.917. The van der Waals surface area contributed by atoms with E-state index in [0.717, 1.165) is 12.8 Å². The van der Waals surface area contributed by atoms with Gasteiger partial charge in [0.2, 0.25) is 5.91 Å². The van der Waals surface area contributed by atoms with E-state index in [2.05, 4.69) is 19.2 Å². The topological polar surface area (TPSA) is 75.3 Å². The summed E-state index contributed by atoms with van der Waals surface area (Å²) in [5.74, 6) is -0.303. The summed E-state index contributed by atoms with van der Waals surface area (Å²) in [6, 6.07) is 0. The number of carbonyl (C=O) groups excluding carboxylic acids is 1. The van der Waals surface area contributed by atoms with E-state index in [9.17, 15) is 9.90 Å². The number of rotatable bonds is 8. The molecule has 0 aromatic heterocycles. The van der Waals surface area contributed by atoms with Crippen LogP contribution in [0.5, 0.6) is 0 Å². The molecule has 0 aliphatic heterocycles. The predicted molar refractivity (Wildman–Crippen MR) is 65.9 cm³/mol. The lowest BCUT2D eigenvalue weighted by molar-refractivity contribution is -0.125. The number of carbonyl (C=O) groups is 1. The number of nitrogens with one attached hydrogen (secondary N) is 1. The molecule has 0 radical (unpaired) electrons. The minimum absolute atomic E-state index is 0.0757. The van der Waals surface area contributed by atoms with E-state index in [0.29, 0.717) is 13.1 Å². The summed E-state index contributed by atoms with van der Waals surface area (Å²) < 4.78 is 0. The van der Waals surface area contributed by atoms with Gasteiger partial charge in [-0.25, -0.2) is 0 Å². The van der Waals surface area contributed by atoms with Gasteiger partial charge in [-0.1, -0.05) is 13.8 Å². The number of aliphatic hydroxyl groups excluding tert-OH is 1. The van der Waals surface area contributed by atoms with Crippen LogP contribution < -0.4 is 11.1 Å². The quantitative estimate of drug-likeness (QED) is 0.579. The molecule has 4 nitrogen and oxygen atoms in total. The second-order valence-corrected chi connectivity index (χ2v) is 5.22. The average molecular weight is 230 g/mol. The molecule has 4 N–H and O–H groups in total. The van der Waals surface area contributed by atoms with E-state index < -0.39 is 5.41 Å². The molecular formula is C12H26N2O2. The predicted octanol–water partition coefficient (Wildman–Crippen LogP) is 0.886. The molecule has 0 saturated carbocycles. The number of aliphatic hydroxyl groups is 1. The van der Waals surface area contributed by atoms with E-state index in [1.165, 1.54) is 0 Å². The summed E-state index contributed by atoms with van der Waals surface area (Å²) in [5, 5.41) is 12.6. The number of nitrogens with two attached hydrogens (primary N) is 1. The SMILES string of the molecule is CCC(CC)(CO)CNCC(C)(C)C(N)=O. The molecule has 1 amide bonds. The molecule has 4 heteroatoms. The summed E-state index contributed by atoms with van der Waals surface area (Å²) in [6.45, 7) is 9.21. The van der Waals surface area contributed by atoms with Crippen molar-refractivity contribution in [2.75, 3.05) is 19.7 Å². The zero-order chi connectivity index (χ0) is 12.8. The first kappa shape index (κ1) is 15.4. The maximum absolute atomic E-state index is 11.1. The van der Waals surface area contributed by atoms with E-state index in [-0.39, 0.29) is 17.9 Å². The number of hydrogen-bond acceptors (Lipinski definition) is 3. The second-order valence-electron chi connectivity index (χ2n) is 5.22. The highest BCUT2D eigenvalue weighted by atomic mass is 16.3. The number of amides is 1. The monoisotopic (exact) mass is 230 g/mol. The number of primary amides is 1. The molecule has 0 bridgehead atoms. The van der Waals surface area contributed by atoms with Crippen LogP contribution in [-0.4, -0.2) is 30.7 Å². The first-order valence-corrected chi connectivity index (χ1v) is 5.95. The van der Waals surface area contributed by atoms with Crippen LogP contribution >= 0.6 is 0 Å². The molecule has 0 spiro atoms. The van der Waals surface area contributed by atoms with Crippen LogP contribution in [0, 0.1) is 10.8 Å². The standard InChI is InChI=1S/C12H26N2O2/c1-5-12(6-2,9-15)8-14-7-11(3,4)10(13)16/h14-15H,5-9H2,1-4H3,(H2,13,16). The van der Waals surface area contributed by atoms with Gasteiger partial charge in [-0.2, -0.15) is 0 Å². The summed E-state index contributed by atoms with van der Waals surface area (Å²) in [7, 11) is 0. The minimum Gasteiger partial charge on any atom is -0.396 e. The van der Waals surface area contributed by atoms with Crippen molar-refractivity contribution >= 4 is 5.91 Å². The first-order chi connectivity index (χ1) is 7.33. The van der Waals surface area contributed by atoms with Crippen molar-refractivity contribution in [1.82, 2.24) is 5.32 Å². The van der Waals surface area contributed by atoms with E-state index in [1.807, 2.05) is 13.8 Å². The minimum atomic E-state index is -0.539. The Morgan fingerprint density at radius 2 is 1.75 bits per heavy atom. The number of hydrogen-bond donors (Lipinski definition) is 3. The molecule has 0 aliphatic rings. The van der Waals surface area contributed by atoms with Crippen LogP contribution in [0.1, 0.15) is 40.5 Å². The third-order valence-corrected chi connectivity index (χ3v) is 3.57. The van der Waals surface area contributed by atoms with Crippen LogP contribution in [0.3, 0.4) is 0 Å². The zero-order valence-corrected chi connectivity index (χ0v) is 11.0. The van der Waals surface area contributed by atoms with Crippen molar-refractivity contribution in [2.45, 2.75) is 40.5 Å². The van der Waals surface area contributed by atoms with Crippen molar-refractivity contribution in [2.24, 2.45) is 16.6 Å². The Morgan fingerprint density at radius 3 is 2.06 bits per heavy atom. The van der Waals surface area contributed by atoms with Gasteiger partial charge in [-0.05, 0) is 26.7 Å². The van der Waals surface area contributed by atoms with Crippen LogP contribution in [0.15, 0.2) is 0 Å². The Labute approximate surface area is 98.6 Å². The van der Waals surface area contributed by atoms with Gasteiger partial charge in [0.25, 0.3) is 0 Å². The average Bonchev–Trinajstić information content (AvgIpc) is 2.25. The van der Waals surface area contributed by atoms with Gasteiger partial charge in [-0.15, -0.1) is 0 Å². The summed E-state index contributed by atoms with van der Waals surface area (Å²) in [6.07, 6.45) is 1.84. The van der Waals surface area contributed by atoms with Crippen molar-refractivity contribution in [3.63, 3.8) is 0 Å². The zero-order valence-electron chi connectivity index (χ0n) is 11.0. The molecule has 16 heavy (non-hydrogen) atoms. The van der Waals surface area contributed by atoms with Crippen molar-refractivity contribution in [3.05, 3.63) is 0 Å². The van der Waals surface area contributed by atoms with Crippen molar-refractivity contribution in [1.29, 1.82) is 0 Å². The molecule has 0 fully saturated rings. The lowest BCUT2D eigenvalue weighted by Crippen LogP contribution is -2.44. The van der Waals surface area contributed by atoms with Gasteiger partial charge in [0.05, 0.1) is 5.41 Å². The highest BCUT2D eigenvalue weighted by Gasteiger charge is 2.28. The van der Waals surface area contributed by atoms with Gasteiger partial charge in [0.1, 0.15) is 0 Å². The Kier molecular flexibility index (Phi) is 5.97. The highest BCUT2D eigenvalue weighted by molar-refractivity contribution is 5.80. The highest BCUT2D eigenvalue weighted by Crippen LogP contribution is 2.24. The van der Waals surface area contributed by atoms with E-state index in [1.54, 1.807) is 0 Å². The van der Waals surface area contributed by atoms with Crippen LogP contribution in [-0.2, 0) is 4.79 Å². The van der Waals surface area contributed by atoms with Crippen molar-refractivity contribution < 1.29 is 9.90 Å². The Balaban J connectivity index is 4.19. The van der Waals surface area contributed by atoms with Crippen LogP contribution in [0.25, 0.3) is 0 Å². The summed E-state index contributed by atoms with van der Waals surface area (Å²) in [4.78, 5) is 11.1. The Bertz CT molecular complexity index is 215. The van der Waals surface area contributed by atoms with Gasteiger partial charge >= 0.3 is 0 Å². The smallest absolute Gasteiger partial charge is 0.224 e. The molecule has 0 aliphatic carbocycles. The third kappa shape index (κ3) is 4.10. The second kappa shape index (κ2) is 6.21. The Hall–Kier alpha value is -0.610. The van der Waals surface area contributed by atoms with Gasteiger partial charge < -0.3 is 16.2 Å². The van der Waals surface area contributed by atoms with Gasteiger partial charge in [-0.3, -0.25) is 4.79 Å². The maximum atomic E-state index is 11.1. The van der Waals surface area contributed by atoms with Gasteiger partial charge in [0.15, 0.2) is 0 Å². The largest absolute Gasteiger partial charge is 0.396 e. The first-order valence-electron chi connectivity index (χ1n) is 5.95. The molecule has 0 saturated heterocycles. The normalized spacial score (nSPS) is 12.8. The molecule has 0 aromatic carbocycles. The van der Waals surface area contributed by atoms with Crippen LogP contribution in [0.4, 0.5) is 0 Å². The molecule has 0 rings (SSSR count). The molecule has 0 aromatic rings. The van der Waals surface area contributed by atoms with E-state index >= 15 is 0 Å². The fourth-order valence-corrected chi connectivity index (χ4v) is 1.51. The lowest BCUT2D eigenvalue weighted by Gasteiger charge is -2.31. The maximum Gasteiger partial charge on any atom is 0.224 e. The molecule has 0 heterocycles. The third-order valence-electron chi connectivity index (χ3n) is 3.57. The fourth-order valence-electron chi connectivity index (χ4n) is 1.51.